The fourth-order valence-corrected chi connectivity index (χ4v) is 2.86. The molecular weight excluding hydrogens is 295 g/mol. The van der Waals surface area contributed by atoms with E-state index in [1.165, 1.54) is 6.92 Å². The molecule has 20 heavy (non-hydrogen) atoms. The third-order valence-electron chi connectivity index (χ3n) is 2.65. The number of nitrogens with zero attached hydrogens (tertiary/aromatic N) is 1. The molecule has 1 aromatic heterocycles. The Hall–Kier alpha value is -2.03. The van der Waals surface area contributed by atoms with Gasteiger partial charge in [-0.2, -0.15) is 5.10 Å². The highest BCUT2D eigenvalue weighted by molar-refractivity contribution is 7.92. The van der Waals surface area contributed by atoms with Gasteiger partial charge in [-0.3, -0.25) is 9.82 Å². The van der Waals surface area contributed by atoms with E-state index in [-0.39, 0.29) is 5.69 Å². The van der Waals surface area contributed by atoms with Gasteiger partial charge in [0.05, 0.1) is 17.1 Å². The van der Waals surface area contributed by atoms with Gasteiger partial charge in [0.25, 0.3) is 10.0 Å². The lowest BCUT2D eigenvalue weighted by Gasteiger charge is -2.09. The van der Waals surface area contributed by atoms with Gasteiger partial charge in [-0.25, -0.2) is 21.6 Å². The summed E-state index contributed by atoms with van der Waals surface area (Å²) in [5.41, 5.74) is 0.886. The summed E-state index contributed by atoms with van der Waals surface area (Å²) in [6.07, 6.45) is 0. The number of H-pyrrole nitrogens is 1. The Morgan fingerprint density at radius 1 is 1.15 bits per heavy atom. The molecule has 1 aromatic carbocycles. The third-order valence-corrected chi connectivity index (χ3v) is 4.02. The highest BCUT2D eigenvalue weighted by atomic mass is 32.2. The Bertz CT molecular complexity index is 752. The SMILES string of the molecule is Cc1n[nH]c(C)c1NS(=O)(=O)c1ccc(F)c(F)c1F. The molecule has 0 unspecified atom stereocenters. The van der Waals surface area contributed by atoms with E-state index in [1.807, 2.05) is 0 Å². The van der Waals surface area contributed by atoms with Gasteiger partial charge in [0.15, 0.2) is 17.5 Å². The average molecular weight is 305 g/mol. The van der Waals surface area contributed by atoms with E-state index in [0.29, 0.717) is 23.5 Å². The fraction of sp³-hybridized carbons (Fsp3) is 0.182. The lowest BCUT2D eigenvalue weighted by atomic mass is 10.3. The molecule has 0 aliphatic heterocycles. The van der Waals surface area contributed by atoms with Crippen LogP contribution in [0.4, 0.5) is 18.9 Å². The van der Waals surface area contributed by atoms with Gasteiger partial charge in [-0.15, -0.1) is 0 Å². The van der Waals surface area contributed by atoms with Crippen molar-refractivity contribution in [3.8, 4) is 0 Å². The van der Waals surface area contributed by atoms with Crippen LogP contribution < -0.4 is 4.72 Å². The predicted molar refractivity (Wildman–Crippen MR) is 65.2 cm³/mol. The van der Waals surface area contributed by atoms with Crippen LogP contribution in [0.15, 0.2) is 17.0 Å². The highest BCUT2D eigenvalue weighted by Crippen LogP contribution is 2.24. The lowest BCUT2D eigenvalue weighted by Crippen LogP contribution is -2.16. The average Bonchev–Trinajstić information content (AvgIpc) is 2.67. The van der Waals surface area contributed by atoms with E-state index in [9.17, 15) is 21.6 Å². The van der Waals surface area contributed by atoms with Crippen molar-refractivity contribution >= 4 is 15.7 Å². The molecule has 0 aliphatic rings. The number of aromatic nitrogens is 2. The van der Waals surface area contributed by atoms with Crippen LogP contribution in [0.2, 0.25) is 0 Å². The zero-order valence-corrected chi connectivity index (χ0v) is 11.3. The first-order valence-corrected chi connectivity index (χ1v) is 6.90. The number of benzene rings is 1. The Morgan fingerprint density at radius 3 is 2.35 bits per heavy atom. The van der Waals surface area contributed by atoms with E-state index >= 15 is 0 Å². The van der Waals surface area contributed by atoms with Gasteiger partial charge in [-0.1, -0.05) is 0 Å². The van der Waals surface area contributed by atoms with Crippen LogP contribution in [0, 0.1) is 31.3 Å². The largest absolute Gasteiger partial charge is 0.280 e. The van der Waals surface area contributed by atoms with Crippen LogP contribution in [0.5, 0.6) is 0 Å². The topological polar surface area (TPSA) is 74.8 Å². The standard InChI is InChI=1S/C11H10F3N3O2S/c1-5-11(6(2)16-15-5)17-20(18,19)8-4-3-7(12)9(13)10(8)14/h3-4,17H,1-2H3,(H,15,16). The molecule has 2 rings (SSSR count). The maximum Gasteiger partial charge on any atom is 0.265 e. The molecule has 0 fully saturated rings. The normalized spacial score (nSPS) is 11.7. The molecule has 5 nitrogen and oxygen atoms in total. The maximum atomic E-state index is 13.5. The molecule has 0 saturated heterocycles. The van der Waals surface area contributed by atoms with E-state index in [1.54, 1.807) is 6.92 Å². The van der Waals surface area contributed by atoms with E-state index in [4.69, 9.17) is 0 Å². The number of hydrogen-bond acceptors (Lipinski definition) is 3. The summed E-state index contributed by atoms with van der Waals surface area (Å²) >= 11 is 0. The van der Waals surface area contributed by atoms with Crippen molar-refractivity contribution in [3.63, 3.8) is 0 Å². The summed E-state index contributed by atoms with van der Waals surface area (Å²) in [5.74, 6) is -5.07. The molecule has 0 aliphatic carbocycles. The number of aromatic amines is 1. The predicted octanol–water partition coefficient (Wildman–Crippen LogP) is 2.24. The first-order chi connectivity index (χ1) is 9.24. The molecule has 0 atom stereocenters. The second-order valence-electron chi connectivity index (χ2n) is 4.09. The van der Waals surface area contributed by atoms with Gasteiger partial charge in [-0.05, 0) is 26.0 Å². The van der Waals surface area contributed by atoms with Crippen molar-refractivity contribution in [2.75, 3.05) is 4.72 Å². The van der Waals surface area contributed by atoms with Crippen LogP contribution >= 0.6 is 0 Å². The van der Waals surface area contributed by atoms with E-state index in [0.717, 1.165) is 0 Å². The minimum atomic E-state index is -4.39. The van der Waals surface area contributed by atoms with Gasteiger partial charge in [0.2, 0.25) is 0 Å². The number of aryl methyl sites for hydroxylation is 2. The monoisotopic (exact) mass is 305 g/mol. The van der Waals surface area contributed by atoms with Crippen LogP contribution in [-0.4, -0.2) is 18.6 Å². The van der Waals surface area contributed by atoms with Crippen molar-refractivity contribution in [2.45, 2.75) is 18.7 Å². The minimum Gasteiger partial charge on any atom is -0.280 e. The van der Waals surface area contributed by atoms with Gasteiger partial charge < -0.3 is 0 Å². The molecule has 0 radical (unpaired) electrons. The molecule has 108 valence electrons. The maximum absolute atomic E-state index is 13.5. The number of halogens is 3. The lowest BCUT2D eigenvalue weighted by molar-refractivity contribution is 0.432. The highest BCUT2D eigenvalue weighted by Gasteiger charge is 2.25. The van der Waals surface area contributed by atoms with Crippen LogP contribution in [0.1, 0.15) is 11.4 Å². The zero-order valence-electron chi connectivity index (χ0n) is 10.5. The Kier molecular flexibility index (Phi) is 3.46. The Balaban J connectivity index is 2.49. The molecule has 0 spiro atoms. The summed E-state index contributed by atoms with van der Waals surface area (Å²) in [7, 11) is -4.39. The number of rotatable bonds is 3. The summed E-state index contributed by atoms with van der Waals surface area (Å²) in [6.45, 7) is 3.09. The number of sulfonamides is 1. The van der Waals surface area contributed by atoms with Crippen LogP contribution in [-0.2, 0) is 10.0 Å². The van der Waals surface area contributed by atoms with Gasteiger partial charge in [0.1, 0.15) is 4.90 Å². The summed E-state index contributed by atoms with van der Waals surface area (Å²) in [5, 5.41) is 6.31. The van der Waals surface area contributed by atoms with Crippen LogP contribution in [0.3, 0.4) is 0 Å². The van der Waals surface area contributed by atoms with E-state index < -0.39 is 32.4 Å². The summed E-state index contributed by atoms with van der Waals surface area (Å²) in [6, 6.07) is 1.20. The third kappa shape index (κ3) is 2.36. The fourth-order valence-electron chi connectivity index (χ4n) is 1.61. The number of nitrogens with one attached hydrogen (secondary N) is 2. The number of anilines is 1. The summed E-state index contributed by atoms with van der Waals surface area (Å²) in [4.78, 5) is -0.976. The molecule has 9 heteroatoms. The van der Waals surface area contributed by atoms with Gasteiger partial charge >= 0.3 is 0 Å². The van der Waals surface area contributed by atoms with Crippen molar-refractivity contribution in [3.05, 3.63) is 41.0 Å². The molecule has 1 heterocycles. The quantitative estimate of drug-likeness (QED) is 0.854. The molecule has 2 N–H and O–H groups in total. The number of hydrogen-bond donors (Lipinski definition) is 2. The first kappa shape index (κ1) is 14.4. The molecular formula is C11H10F3N3O2S. The second-order valence-corrected chi connectivity index (χ2v) is 5.74. The van der Waals surface area contributed by atoms with E-state index in [2.05, 4.69) is 14.9 Å². The Labute approximate surface area is 112 Å². The van der Waals surface area contributed by atoms with Crippen molar-refractivity contribution in [1.82, 2.24) is 10.2 Å². The van der Waals surface area contributed by atoms with Crippen molar-refractivity contribution < 1.29 is 21.6 Å². The van der Waals surface area contributed by atoms with Crippen molar-refractivity contribution in [1.29, 1.82) is 0 Å². The molecule has 0 amide bonds. The van der Waals surface area contributed by atoms with Crippen molar-refractivity contribution in [2.24, 2.45) is 0 Å². The minimum absolute atomic E-state index is 0.133. The van der Waals surface area contributed by atoms with Gasteiger partial charge in [0, 0.05) is 0 Å². The molecule has 0 bridgehead atoms. The smallest absolute Gasteiger partial charge is 0.265 e. The molecule has 0 saturated carbocycles. The Morgan fingerprint density at radius 2 is 1.80 bits per heavy atom. The summed E-state index contributed by atoms with van der Waals surface area (Å²) < 4.78 is 65.5. The molecule has 2 aromatic rings. The van der Waals surface area contributed by atoms with Crippen LogP contribution in [0.25, 0.3) is 0 Å². The second kappa shape index (κ2) is 4.82. The first-order valence-electron chi connectivity index (χ1n) is 5.42. The zero-order chi connectivity index (χ0) is 15.1.